The van der Waals surface area contributed by atoms with Gasteiger partial charge < -0.3 is 19.3 Å². The van der Waals surface area contributed by atoms with Gasteiger partial charge in [0.05, 0.1) is 20.1 Å². The minimum absolute atomic E-state index is 0.139. The highest BCUT2D eigenvalue weighted by molar-refractivity contribution is 5.70. The van der Waals surface area contributed by atoms with E-state index in [4.69, 9.17) is 24.2 Å². The van der Waals surface area contributed by atoms with Crippen LogP contribution in [0.25, 0.3) is 5.70 Å². The summed E-state index contributed by atoms with van der Waals surface area (Å²) in [6.07, 6.45) is 1.36. The van der Waals surface area contributed by atoms with Crippen molar-refractivity contribution < 1.29 is 28.9 Å². The highest BCUT2D eigenvalue weighted by atomic mass is 16.6. The summed E-state index contributed by atoms with van der Waals surface area (Å²) in [7, 11) is 1.51. The average Bonchev–Trinajstić information content (AvgIpc) is 2.79. The van der Waals surface area contributed by atoms with Crippen molar-refractivity contribution in [3.05, 3.63) is 90.2 Å². The van der Waals surface area contributed by atoms with Crippen LogP contribution in [0.3, 0.4) is 0 Å². The first-order valence-electron chi connectivity index (χ1n) is 10.0. The zero-order valence-corrected chi connectivity index (χ0v) is 17.9. The number of hydrogen-bond donors (Lipinski definition) is 2. The molecule has 32 heavy (non-hydrogen) atoms. The van der Waals surface area contributed by atoms with Gasteiger partial charge in [-0.1, -0.05) is 30.3 Å². The van der Waals surface area contributed by atoms with Gasteiger partial charge in [0, 0.05) is 11.6 Å². The van der Waals surface area contributed by atoms with Gasteiger partial charge in [-0.25, -0.2) is 0 Å². The van der Waals surface area contributed by atoms with Crippen molar-refractivity contribution in [2.24, 2.45) is 0 Å². The third-order valence-corrected chi connectivity index (χ3v) is 4.29. The maximum absolute atomic E-state index is 11.1. The monoisotopic (exact) mass is 435 g/mol. The van der Waals surface area contributed by atoms with E-state index in [1.54, 1.807) is 18.2 Å². The van der Waals surface area contributed by atoms with E-state index in [2.05, 4.69) is 5.48 Å². The molecule has 7 heteroatoms. The summed E-state index contributed by atoms with van der Waals surface area (Å²) in [6.45, 7) is 2.31. The molecule has 0 aliphatic carbocycles. The molecule has 0 amide bonds. The van der Waals surface area contributed by atoms with Crippen molar-refractivity contribution in [1.29, 1.82) is 0 Å². The van der Waals surface area contributed by atoms with Crippen LogP contribution < -0.4 is 19.7 Å². The molecule has 0 heterocycles. The van der Waals surface area contributed by atoms with E-state index in [0.29, 0.717) is 35.1 Å². The van der Waals surface area contributed by atoms with Crippen molar-refractivity contribution in [1.82, 2.24) is 5.48 Å². The number of aliphatic carboxylic acids is 1. The van der Waals surface area contributed by atoms with Gasteiger partial charge >= 0.3 is 5.97 Å². The Kier molecular flexibility index (Phi) is 8.11. The van der Waals surface area contributed by atoms with E-state index in [9.17, 15) is 4.79 Å². The van der Waals surface area contributed by atoms with Gasteiger partial charge in [0.2, 0.25) is 0 Å². The predicted octanol–water partition coefficient (Wildman–Crippen LogP) is 5.03. The molecule has 0 radical (unpaired) electrons. The van der Waals surface area contributed by atoms with Crippen LogP contribution in [0, 0.1) is 0 Å². The summed E-state index contributed by atoms with van der Waals surface area (Å²) in [6, 6.07) is 21.9. The van der Waals surface area contributed by atoms with Crippen molar-refractivity contribution >= 4 is 11.7 Å². The number of carbonyl (C=O) groups is 1. The minimum Gasteiger partial charge on any atom is -0.497 e. The molecule has 0 atom stereocenters. The van der Waals surface area contributed by atoms with E-state index in [1.165, 1.54) is 13.4 Å². The molecule has 0 saturated heterocycles. The number of hydrogen-bond acceptors (Lipinski definition) is 6. The fourth-order valence-electron chi connectivity index (χ4n) is 2.87. The second-order valence-corrected chi connectivity index (χ2v) is 6.71. The van der Waals surface area contributed by atoms with Crippen LogP contribution in [0.15, 0.2) is 79.1 Å². The molecule has 7 nitrogen and oxygen atoms in total. The number of carboxylic acids is 1. The number of rotatable bonds is 11. The van der Waals surface area contributed by atoms with Crippen molar-refractivity contribution in [2.45, 2.75) is 13.3 Å². The van der Waals surface area contributed by atoms with Gasteiger partial charge in [-0.2, -0.15) is 0 Å². The zero-order valence-electron chi connectivity index (χ0n) is 17.9. The minimum atomic E-state index is -0.936. The normalized spacial score (nSPS) is 11.0. The third kappa shape index (κ3) is 6.78. The quantitative estimate of drug-likeness (QED) is 0.323. The van der Waals surface area contributed by atoms with E-state index in [0.717, 1.165) is 11.3 Å². The molecule has 0 bridgehead atoms. The predicted molar refractivity (Wildman–Crippen MR) is 121 cm³/mol. The number of methoxy groups -OCH3 is 1. The lowest BCUT2D eigenvalue weighted by molar-refractivity contribution is -0.136. The fourth-order valence-corrected chi connectivity index (χ4v) is 2.87. The van der Waals surface area contributed by atoms with Crippen LogP contribution in [0.4, 0.5) is 0 Å². The molecule has 3 aromatic carbocycles. The number of para-hydroxylation sites is 1. The van der Waals surface area contributed by atoms with Gasteiger partial charge in [-0.05, 0) is 48.9 Å². The molecule has 2 N–H and O–H groups in total. The molecule has 0 unspecified atom stereocenters. The van der Waals surface area contributed by atoms with Crippen LogP contribution in [-0.4, -0.2) is 24.8 Å². The third-order valence-electron chi connectivity index (χ3n) is 4.29. The van der Waals surface area contributed by atoms with Crippen LogP contribution >= 0.6 is 0 Å². The maximum Gasteiger partial charge on any atom is 0.307 e. The number of benzene rings is 3. The zero-order chi connectivity index (χ0) is 22.8. The lowest BCUT2D eigenvalue weighted by atomic mass is 10.1. The second-order valence-electron chi connectivity index (χ2n) is 6.71. The van der Waals surface area contributed by atoms with Crippen LogP contribution in [0.5, 0.6) is 23.0 Å². The standard InChI is InChI=1S/C25H25NO6/c1-3-31-26-24(17-30-23-13-18(14-25(27)28)12-22(16-23)29-2)19-8-7-11-21(15-19)32-20-9-5-4-6-10-20/h4-13,15-17,26H,3,14H2,1-2H3,(H,27,28). The Bertz CT molecular complexity index is 1070. The summed E-state index contributed by atoms with van der Waals surface area (Å²) >= 11 is 0. The van der Waals surface area contributed by atoms with E-state index < -0.39 is 5.97 Å². The molecule has 0 aliphatic heterocycles. The molecular weight excluding hydrogens is 410 g/mol. The molecule has 166 valence electrons. The molecule has 0 fully saturated rings. The highest BCUT2D eigenvalue weighted by Crippen LogP contribution is 2.26. The number of carboxylic acid groups (broad SMARTS) is 1. The van der Waals surface area contributed by atoms with Gasteiger partial charge in [-0.15, -0.1) is 0 Å². The SMILES string of the molecule is CCONC(=COc1cc(CC(=O)O)cc(OC)c1)c1cccc(Oc2ccccc2)c1. The number of nitrogens with one attached hydrogen (secondary N) is 1. The largest absolute Gasteiger partial charge is 0.497 e. The first kappa shape index (κ1) is 22.7. The van der Waals surface area contributed by atoms with Crippen LogP contribution in [-0.2, 0) is 16.1 Å². The summed E-state index contributed by atoms with van der Waals surface area (Å²) in [5.74, 6) is 1.39. The molecule has 0 aromatic heterocycles. The molecule has 0 spiro atoms. The summed E-state index contributed by atoms with van der Waals surface area (Å²) < 4.78 is 17.0. The Labute approximate surface area is 186 Å². The van der Waals surface area contributed by atoms with E-state index in [-0.39, 0.29) is 6.42 Å². The van der Waals surface area contributed by atoms with Crippen LogP contribution in [0.1, 0.15) is 18.1 Å². The van der Waals surface area contributed by atoms with E-state index >= 15 is 0 Å². The summed E-state index contributed by atoms with van der Waals surface area (Å²) in [5.41, 5.74) is 4.79. The average molecular weight is 435 g/mol. The van der Waals surface area contributed by atoms with Gasteiger partial charge in [0.15, 0.2) is 0 Å². The Morgan fingerprint density at radius 1 is 0.938 bits per heavy atom. The highest BCUT2D eigenvalue weighted by Gasteiger charge is 2.09. The Hall–Kier alpha value is -3.97. The van der Waals surface area contributed by atoms with Gasteiger partial charge in [-0.3, -0.25) is 15.1 Å². The lowest BCUT2D eigenvalue weighted by Crippen LogP contribution is -2.13. The van der Waals surface area contributed by atoms with Crippen molar-refractivity contribution in [3.8, 4) is 23.0 Å². The molecule has 0 saturated carbocycles. The van der Waals surface area contributed by atoms with E-state index in [1.807, 2.05) is 61.5 Å². The van der Waals surface area contributed by atoms with Gasteiger partial charge in [0.25, 0.3) is 0 Å². The Morgan fingerprint density at radius 2 is 1.69 bits per heavy atom. The summed E-state index contributed by atoms with van der Waals surface area (Å²) in [5, 5.41) is 9.09. The van der Waals surface area contributed by atoms with Crippen molar-refractivity contribution in [3.63, 3.8) is 0 Å². The smallest absolute Gasteiger partial charge is 0.307 e. The van der Waals surface area contributed by atoms with Crippen LogP contribution in [0.2, 0.25) is 0 Å². The molecule has 3 aromatic rings. The fraction of sp³-hybridized carbons (Fsp3) is 0.160. The lowest BCUT2D eigenvalue weighted by Gasteiger charge is -2.13. The first-order valence-corrected chi connectivity index (χ1v) is 10.0. The maximum atomic E-state index is 11.1. The summed E-state index contributed by atoms with van der Waals surface area (Å²) in [4.78, 5) is 16.5. The molecule has 0 aliphatic rings. The van der Waals surface area contributed by atoms with Crippen molar-refractivity contribution in [2.75, 3.05) is 13.7 Å². The molecule has 3 rings (SSSR count). The Morgan fingerprint density at radius 3 is 2.41 bits per heavy atom. The van der Waals surface area contributed by atoms with Gasteiger partial charge in [0.1, 0.15) is 35.0 Å². The second kappa shape index (κ2) is 11.4. The first-order chi connectivity index (χ1) is 15.6. The Balaban J connectivity index is 1.85. The molecular formula is C25H25NO6. The number of hydroxylamine groups is 1. The topological polar surface area (TPSA) is 86.3 Å². The number of ether oxygens (including phenoxy) is 3.